The van der Waals surface area contributed by atoms with Gasteiger partial charge in [0.15, 0.2) is 11.4 Å². The Bertz CT molecular complexity index is 400. The molecule has 0 amide bonds. The molecular formula is C13H20N2OS. The third-order valence-corrected chi connectivity index (χ3v) is 4.53. The second-order valence-corrected chi connectivity index (χ2v) is 5.93. The molecule has 2 rings (SSSR count). The van der Waals surface area contributed by atoms with Gasteiger partial charge in [-0.3, -0.25) is 4.79 Å². The lowest BCUT2D eigenvalue weighted by Crippen LogP contribution is -2.33. The molecule has 1 saturated heterocycles. The van der Waals surface area contributed by atoms with E-state index in [1.807, 2.05) is 0 Å². The van der Waals surface area contributed by atoms with Gasteiger partial charge in [0.25, 0.3) is 0 Å². The highest BCUT2D eigenvalue weighted by atomic mass is 32.1. The molecule has 1 aromatic rings. The van der Waals surface area contributed by atoms with Crippen molar-refractivity contribution in [2.75, 3.05) is 11.4 Å². The quantitative estimate of drug-likeness (QED) is 0.772. The lowest BCUT2D eigenvalue weighted by atomic mass is 10.0. The van der Waals surface area contributed by atoms with Crippen molar-refractivity contribution in [3.8, 4) is 0 Å². The first-order chi connectivity index (χ1) is 8.17. The molecule has 1 unspecified atom stereocenters. The Kier molecular flexibility index (Phi) is 3.82. The number of carbonyl (C=O) groups is 1. The van der Waals surface area contributed by atoms with Gasteiger partial charge < -0.3 is 4.90 Å². The molecule has 94 valence electrons. The van der Waals surface area contributed by atoms with Crippen LogP contribution in [0.3, 0.4) is 0 Å². The van der Waals surface area contributed by atoms with Crippen LogP contribution >= 0.6 is 11.3 Å². The van der Waals surface area contributed by atoms with Crippen molar-refractivity contribution in [2.45, 2.75) is 46.1 Å². The van der Waals surface area contributed by atoms with E-state index >= 15 is 0 Å². The standard InChI is InChI=1S/C13H20N2OS/c1-4-10-12(8-16)17-13(14-10)15-7-5-6-11(15)9(2)3/h8-9,11H,4-7H2,1-3H3. The fourth-order valence-electron chi connectivity index (χ4n) is 2.54. The molecule has 0 spiro atoms. The summed E-state index contributed by atoms with van der Waals surface area (Å²) in [5.41, 5.74) is 0.953. The lowest BCUT2D eigenvalue weighted by molar-refractivity contribution is 0.112. The number of aryl methyl sites for hydroxylation is 1. The fourth-order valence-corrected chi connectivity index (χ4v) is 3.59. The van der Waals surface area contributed by atoms with Crippen LogP contribution in [0, 0.1) is 5.92 Å². The fraction of sp³-hybridized carbons (Fsp3) is 0.692. The largest absolute Gasteiger partial charge is 0.345 e. The number of anilines is 1. The monoisotopic (exact) mass is 252 g/mol. The first kappa shape index (κ1) is 12.6. The summed E-state index contributed by atoms with van der Waals surface area (Å²) in [7, 11) is 0. The Hall–Kier alpha value is -0.900. The van der Waals surface area contributed by atoms with E-state index in [2.05, 4.69) is 30.7 Å². The molecule has 1 aromatic heterocycles. The summed E-state index contributed by atoms with van der Waals surface area (Å²) in [6.07, 6.45) is 4.26. The number of nitrogens with zero attached hydrogens (tertiary/aromatic N) is 2. The Balaban J connectivity index is 2.27. The second kappa shape index (κ2) is 5.17. The van der Waals surface area contributed by atoms with Crippen molar-refractivity contribution in [3.63, 3.8) is 0 Å². The maximum absolute atomic E-state index is 11.0. The third kappa shape index (κ3) is 2.37. The van der Waals surface area contributed by atoms with Crippen LogP contribution in [0.15, 0.2) is 0 Å². The van der Waals surface area contributed by atoms with Gasteiger partial charge in [0.2, 0.25) is 0 Å². The van der Waals surface area contributed by atoms with Gasteiger partial charge in [-0.05, 0) is 25.2 Å². The number of hydrogen-bond acceptors (Lipinski definition) is 4. The Morgan fingerprint density at radius 3 is 2.88 bits per heavy atom. The number of carbonyl (C=O) groups excluding carboxylic acids is 1. The summed E-state index contributed by atoms with van der Waals surface area (Å²) >= 11 is 1.55. The van der Waals surface area contributed by atoms with Gasteiger partial charge in [-0.1, -0.05) is 32.1 Å². The second-order valence-electron chi connectivity index (χ2n) is 4.93. The predicted molar refractivity (Wildman–Crippen MR) is 72.1 cm³/mol. The van der Waals surface area contributed by atoms with E-state index in [4.69, 9.17) is 0 Å². The zero-order chi connectivity index (χ0) is 12.4. The molecule has 17 heavy (non-hydrogen) atoms. The van der Waals surface area contributed by atoms with Crippen molar-refractivity contribution < 1.29 is 4.79 Å². The highest BCUT2D eigenvalue weighted by molar-refractivity contribution is 7.17. The van der Waals surface area contributed by atoms with Gasteiger partial charge in [-0.25, -0.2) is 4.98 Å². The number of rotatable bonds is 4. The van der Waals surface area contributed by atoms with Gasteiger partial charge in [0, 0.05) is 12.6 Å². The summed E-state index contributed by atoms with van der Waals surface area (Å²) in [4.78, 5) is 18.8. The van der Waals surface area contributed by atoms with Crippen molar-refractivity contribution in [1.82, 2.24) is 4.98 Å². The van der Waals surface area contributed by atoms with Gasteiger partial charge >= 0.3 is 0 Å². The van der Waals surface area contributed by atoms with Crippen molar-refractivity contribution in [2.24, 2.45) is 5.92 Å². The summed E-state index contributed by atoms with van der Waals surface area (Å²) in [6, 6.07) is 0.588. The average molecular weight is 252 g/mol. The Labute approximate surface area is 107 Å². The highest BCUT2D eigenvalue weighted by Crippen LogP contribution is 2.33. The van der Waals surface area contributed by atoms with E-state index < -0.39 is 0 Å². The lowest BCUT2D eigenvalue weighted by Gasteiger charge is -2.27. The van der Waals surface area contributed by atoms with E-state index in [1.54, 1.807) is 11.3 Å². The molecule has 1 aliphatic rings. The normalized spacial score (nSPS) is 20.2. The molecule has 3 nitrogen and oxygen atoms in total. The molecule has 2 heterocycles. The van der Waals surface area contributed by atoms with E-state index in [1.165, 1.54) is 12.8 Å². The van der Waals surface area contributed by atoms with Crippen LogP contribution in [-0.4, -0.2) is 23.9 Å². The molecule has 0 N–H and O–H groups in total. The average Bonchev–Trinajstić information content (AvgIpc) is 2.94. The van der Waals surface area contributed by atoms with E-state index in [9.17, 15) is 4.79 Å². The molecular weight excluding hydrogens is 232 g/mol. The minimum atomic E-state index is 0.588. The Morgan fingerprint density at radius 2 is 2.35 bits per heavy atom. The van der Waals surface area contributed by atoms with Crippen molar-refractivity contribution >= 4 is 22.8 Å². The number of thiazole rings is 1. The van der Waals surface area contributed by atoms with Crippen LogP contribution in [0.1, 0.15) is 49.0 Å². The van der Waals surface area contributed by atoms with Gasteiger partial charge in [-0.2, -0.15) is 0 Å². The molecule has 1 fully saturated rings. The number of aldehydes is 1. The van der Waals surface area contributed by atoms with E-state index in [0.29, 0.717) is 12.0 Å². The Morgan fingerprint density at radius 1 is 1.59 bits per heavy atom. The molecule has 0 saturated carbocycles. The van der Waals surface area contributed by atoms with Crippen LogP contribution in [0.25, 0.3) is 0 Å². The van der Waals surface area contributed by atoms with Crippen LogP contribution in [0.2, 0.25) is 0 Å². The maximum Gasteiger partial charge on any atom is 0.186 e. The van der Waals surface area contributed by atoms with Crippen molar-refractivity contribution in [1.29, 1.82) is 0 Å². The smallest absolute Gasteiger partial charge is 0.186 e. The van der Waals surface area contributed by atoms with Crippen LogP contribution in [0.5, 0.6) is 0 Å². The number of aromatic nitrogens is 1. The third-order valence-electron chi connectivity index (χ3n) is 3.47. The molecule has 1 atom stereocenters. The predicted octanol–water partition coefficient (Wildman–Crippen LogP) is 3.14. The molecule has 0 aliphatic carbocycles. The SMILES string of the molecule is CCc1nc(N2CCCC2C(C)C)sc1C=O. The van der Waals surface area contributed by atoms with Crippen LogP contribution < -0.4 is 4.90 Å². The van der Waals surface area contributed by atoms with Crippen LogP contribution in [-0.2, 0) is 6.42 Å². The van der Waals surface area contributed by atoms with Crippen LogP contribution in [0.4, 0.5) is 5.13 Å². The van der Waals surface area contributed by atoms with E-state index in [0.717, 1.165) is 35.0 Å². The molecule has 0 radical (unpaired) electrons. The molecule has 0 aromatic carbocycles. The minimum absolute atomic E-state index is 0.588. The molecule has 4 heteroatoms. The minimum Gasteiger partial charge on any atom is -0.345 e. The van der Waals surface area contributed by atoms with Gasteiger partial charge in [0.05, 0.1) is 10.6 Å². The molecule has 0 bridgehead atoms. The van der Waals surface area contributed by atoms with Gasteiger partial charge in [-0.15, -0.1) is 0 Å². The summed E-state index contributed by atoms with van der Waals surface area (Å²) in [6.45, 7) is 7.66. The molecule has 1 aliphatic heterocycles. The zero-order valence-electron chi connectivity index (χ0n) is 10.8. The van der Waals surface area contributed by atoms with E-state index in [-0.39, 0.29) is 0 Å². The highest BCUT2D eigenvalue weighted by Gasteiger charge is 2.29. The topological polar surface area (TPSA) is 33.2 Å². The van der Waals surface area contributed by atoms with Crippen molar-refractivity contribution in [3.05, 3.63) is 10.6 Å². The summed E-state index contributed by atoms with van der Waals surface area (Å²) in [5, 5.41) is 1.04. The maximum atomic E-state index is 11.0. The summed E-state index contributed by atoms with van der Waals surface area (Å²) < 4.78 is 0. The first-order valence-corrected chi connectivity index (χ1v) is 7.20. The number of hydrogen-bond donors (Lipinski definition) is 0. The zero-order valence-corrected chi connectivity index (χ0v) is 11.6. The first-order valence-electron chi connectivity index (χ1n) is 6.38. The van der Waals surface area contributed by atoms with Gasteiger partial charge in [0.1, 0.15) is 0 Å². The summed E-state index contributed by atoms with van der Waals surface area (Å²) in [5.74, 6) is 0.645.